The standard InChI is InChI=1S/C21H21ClFN3O2/c1-28-10-9-25-12-15-7-8-26(13-14-3-2-4-19(25)20(14)15)21(27)24-16-5-6-18(23)17(22)11-16/h2-6,11-12H,7-10,13H2,1H3,(H,24,27). The number of amides is 2. The number of anilines is 1. The second-order valence-electron chi connectivity index (χ2n) is 6.88. The number of nitrogens with one attached hydrogen (secondary N) is 1. The highest BCUT2D eigenvalue weighted by Crippen LogP contribution is 2.30. The highest BCUT2D eigenvalue weighted by atomic mass is 35.5. The number of benzene rings is 2. The molecule has 0 spiro atoms. The number of halogens is 2. The van der Waals surface area contributed by atoms with E-state index in [1.807, 2.05) is 6.07 Å². The Labute approximate surface area is 167 Å². The van der Waals surface area contributed by atoms with E-state index in [0.29, 0.717) is 25.4 Å². The molecule has 2 amide bonds. The van der Waals surface area contributed by atoms with E-state index >= 15 is 0 Å². The van der Waals surface area contributed by atoms with Crippen LogP contribution in [0.3, 0.4) is 0 Å². The summed E-state index contributed by atoms with van der Waals surface area (Å²) in [6.45, 7) is 2.56. The lowest BCUT2D eigenvalue weighted by Crippen LogP contribution is -2.35. The smallest absolute Gasteiger partial charge is 0.322 e. The molecule has 7 heteroatoms. The molecule has 0 saturated carbocycles. The number of ether oxygens (including phenoxy) is 1. The number of hydrogen-bond donors (Lipinski definition) is 1. The van der Waals surface area contributed by atoms with Crippen molar-refractivity contribution in [2.75, 3.05) is 25.6 Å². The zero-order valence-corrected chi connectivity index (χ0v) is 16.3. The third-order valence-corrected chi connectivity index (χ3v) is 5.37. The van der Waals surface area contributed by atoms with Crippen LogP contribution in [0, 0.1) is 5.82 Å². The molecular weight excluding hydrogens is 381 g/mol. The zero-order valence-electron chi connectivity index (χ0n) is 15.5. The van der Waals surface area contributed by atoms with Crippen molar-refractivity contribution in [3.63, 3.8) is 0 Å². The topological polar surface area (TPSA) is 46.5 Å². The fraction of sp³-hybridized carbons (Fsp3) is 0.286. The average molecular weight is 402 g/mol. The summed E-state index contributed by atoms with van der Waals surface area (Å²) in [6.07, 6.45) is 2.93. The monoisotopic (exact) mass is 401 g/mol. The third-order valence-electron chi connectivity index (χ3n) is 5.08. The van der Waals surface area contributed by atoms with Crippen molar-refractivity contribution in [3.8, 4) is 0 Å². The minimum atomic E-state index is -0.508. The normalized spacial score (nSPS) is 13.6. The maximum absolute atomic E-state index is 13.3. The molecule has 0 saturated heterocycles. The Kier molecular flexibility index (Phi) is 5.24. The molecule has 4 rings (SSSR count). The Morgan fingerprint density at radius 1 is 1.29 bits per heavy atom. The molecule has 2 aromatic carbocycles. The number of methoxy groups -OCH3 is 1. The van der Waals surface area contributed by atoms with Gasteiger partial charge in [-0.15, -0.1) is 0 Å². The van der Waals surface area contributed by atoms with Crippen molar-refractivity contribution >= 4 is 34.2 Å². The Bertz CT molecular complexity index is 1030. The molecule has 0 radical (unpaired) electrons. The lowest BCUT2D eigenvalue weighted by molar-refractivity contribution is 0.188. The van der Waals surface area contributed by atoms with E-state index in [1.54, 1.807) is 12.0 Å². The van der Waals surface area contributed by atoms with Gasteiger partial charge in [-0.25, -0.2) is 9.18 Å². The molecule has 0 unspecified atom stereocenters. The fourth-order valence-corrected chi connectivity index (χ4v) is 3.89. The highest BCUT2D eigenvalue weighted by Gasteiger charge is 2.22. The number of nitrogens with zero attached hydrogens (tertiary/aromatic N) is 2. The van der Waals surface area contributed by atoms with E-state index < -0.39 is 5.82 Å². The summed E-state index contributed by atoms with van der Waals surface area (Å²) in [5.41, 5.74) is 4.00. The lowest BCUT2D eigenvalue weighted by atomic mass is 10.1. The van der Waals surface area contributed by atoms with Crippen LogP contribution in [0.2, 0.25) is 5.02 Å². The van der Waals surface area contributed by atoms with Gasteiger partial charge in [0, 0.05) is 49.5 Å². The van der Waals surface area contributed by atoms with Crippen LogP contribution >= 0.6 is 11.6 Å². The molecule has 0 aliphatic carbocycles. The van der Waals surface area contributed by atoms with Gasteiger partial charge in [0.2, 0.25) is 0 Å². The van der Waals surface area contributed by atoms with Crippen molar-refractivity contribution < 1.29 is 13.9 Å². The van der Waals surface area contributed by atoms with E-state index in [1.165, 1.54) is 29.1 Å². The Hall–Kier alpha value is -2.57. The summed E-state index contributed by atoms with van der Waals surface area (Å²) in [5.74, 6) is -0.508. The number of hydrogen-bond acceptors (Lipinski definition) is 2. The SMILES string of the molecule is COCCn1cc2c3c(cccc31)CN(C(=O)Nc1ccc(F)c(Cl)c1)CC2. The number of aromatic nitrogens is 1. The number of carbonyl (C=O) groups is 1. The van der Waals surface area contributed by atoms with Gasteiger partial charge >= 0.3 is 6.03 Å². The number of carbonyl (C=O) groups excluding carboxylic acids is 1. The largest absolute Gasteiger partial charge is 0.383 e. The maximum Gasteiger partial charge on any atom is 0.322 e. The predicted octanol–water partition coefficient (Wildman–Crippen LogP) is 4.67. The quantitative estimate of drug-likeness (QED) is 0.690. The average Bonchev–Trinajstić information content (AvgIpc) is 2.93. The molecule has 0 atom stereocenters. The molecule has 0 bridgehead atoms. The van der Waals surface area contributed by atoms with Crippen LogP contribution in [0.25, 0.3) is 10.9 Å². The van der Waals surface area contributed by atoms with Crippen LogP contribution in [-0.2, 0) is 24.2 Å². The van der Waals surface area contributed by atoms with Crippen LogP contribution in [0.5, 0.6) is 0 Å². The van der Waals surface area contributed by atoms with Crippen LogP contribution in [0.4, 0.5) is 14.9 Å². The second kappa shape index (κ2) is 7.81. The number of urea groups is 1. The third kappa shape index (κ3) is 3.57. The molecule has 146 valence electrons. The molecule has 2 heterocycles. The van der Waals surface area contributed by atoms with Crippen molar-refractivity contribution in [1.29, 1.82) is 0 Å². The van der Waals surface area contributed by atoms with Crippen molar-refractivity contribution in [3.05, 3.63) is 64.6 Å². The first-order valence-corrected chi connectivity index (χ1v) is 9.54. The van der Waals surface area contributed by atoms with Crippen LogP contribution in [0.1, 0.15) is 11.1 Å². The van der Waals surface area contributed by atoms with Crippen LogP contribution < -0.4 is 5.32 Å². The molecule has 1 aromatic heterocycles. The van der Waals surface area contributed by atoms with Crippen molar-refractivity contribution in [2.24, 2.45) is 0 Å². The summed E-state index contributed by atoms with van der Waals surface area (Å²) >= 11 is 5.81. The molecule has 1 aliphatic rings. The minimum absolute atomic E-state index is 0.0144. The van der Waals surface area contributed by atoms with E-state index in [9.17, 15) is 9.18 Å². The van der Waals surface area contributed by atoms with E-state index in [4.69, 9.17) is 16.3 Å². The first kappa shape index (κ1) is 18.8. The van der Waals surface area contributed by atoms with Crippen LogP contribution in [0.15, 0.2) is 42.6 Å². The molecule has 1 aliphatic heterocycles. The molecular formula is C21H21ClFN3O2. The van der Waals surface area contributed by atoms with Gasteiger partial charge in [-0.1, -0.05) is 23.7 Å². The molecule has 28 heavy (non-hydrogen) atoms. The molecule has 0 fully saturated rings. The summed E-state index contributed by atoms with van der Waals surface area (Å²) in [6, 6.07) is 10.1. The lowest BCUT2D eigenvalue weighted by Gasteiger charge is -2.22. The van der Waals surface area contributed by atoms with Gasteiger partial charge in [0.05, 0.1) is 11.6 Å². The predicted molar refractivity (Wildman–Crippen MR) is 108 cm³/mol. The zero-order chi connectivity index (χ0) is 19.7. The molecule has 3 aromatic rings. The second-order valence-corrected chi connectivity index (χ2v) is 7.29. The van der Waals surface area contributed by atoms with Crippen LogP contribution in [-0.4, -0.2) is 35.8 Å². The van der Waals surface area contributed by atoms with E-state index in [0.717, 1.165) is 24.0 Å². The highest BCUT2D eigenvalue weighted by molar-refractivity contribution is 6.31. The summed E-state index contributed by atoms with van der Waals surface area (Å²) in [4.78, 5) is 14.5. The van der Waals surface area contributed by atoms with Gasteiger partial charge in [-0.05, 0) is 41.8 Å². The molecule has 5 nitrogen and oxygen atoms in total. The summed E-state index contributed by atoms with van der Waals surface area (Å²) < 4.78 is 20.8. The molecule has 1 N–H and O–H groups in total. The Morgan fingerprint density at radius 3 is 2.93 bits per heavy atom. The van der Waals surface area contributed by atoms with Gasteiger partial charge in [0.15, 0.2) is 0 Å². The van der Waals surface area contributed by atoms with Gasteiger partial charge in [-0.3, -0.25) is 0 Å². The van der Waals surface area contributed by atoms with Gasteiger partial charge in [-0.2, -0.15) is 0 Å². The fourth-order valence-electron chi connectivity index (χ4n) is 3.70. The number of rotatable bonds is 4. The van der Waals surface area contributed by atoms with Gasteiger partial charge in [0.25, 0.3) is 0 Å². The van der Waals surface area contributed by atoms with Gasteiger partial charge in [0.1, 0.15) is 5.82 Å². The van der Waals surface area contributed by atoms with Crippen molar-refractivity contribution in [1.82, 2.24) is 9.47 Å². The van der Waals surface area contributed by atoms with Gasteiger partial charge < -0.3 is 19.5 Å². The first-order chi connectivity index (χ1) is 13.6. The van der Waals surface area contributed by atoms with Crippen molar-refractivity contribution in [2.45, 2.75) is 19.5 Å². The Morgan fingerprint density at radius 2 is 2.14 bits per heavy atom. The maximum atomic E-state index is 13.3. The summed E-state index contributed by atoms with van der Waals surface area (Å²) in [7, 11) is 1.70. The van der Waals surface area contributed by atoms with E-state index in [2.05, 4.69) is 28.2 Å². The van der Waals surface area contributed by atoms with E-state index in [-0.39, 0.29) is 11.1 Å². The minimum Gasteiger partial charge on any atom is -0.383 e. The first-order valence-electron chi connectivity index (χ1n) is 9.16. The Balaban J connectivity index is 1.57. The summed E-state index contributed by atoms with van der Waals surface area (Å²) in [5, 5.41) is 4.02.